The number of anilines is 1. The second-order valence-corrected chi connectivity index (χ2v) is 12.1. The van der Waals surface area contributed by atoms with Gasteiger partial charge in [-0.1, -0.05) is 42.0 Å². The van der Waals surface area contributed by atoms with Gasteiger partial charge in [-0.05, 0) is 77.7 Å². The first-order valence-corrected chi connectivity index (χ1v) is 14.6. The van der Waals surface area contributed by atoms with E-state index in [2.05, 4.69) is 26.6 Å². The topological polar surface area (TPSA) is 133 Å². The lowest BCUT2D eigenvalue weighted by molar-refractivity contribution is -0.142. The zero-order valence-electron chi connectivity index (χ0n) is 21.1. The summed E-state index contributed by atoms with van der Waals surface area (Å²) in [6, 6.07) is 17.8. The fraction of sp³-hybridized carbons (Fsp3) is 0.250. The lowest BCUT2D eigenvalue weighted by atomic mass is 10.0. The van der Waals surface area contributed by atoms with Crippen molar-refractivity contribution in [2.24, 2.45) is 0 Å². The van der Waals surface area contributed by atoms with Gasteiger partial charge in [-0.25, -0.2) is 13.2 Å². The summed E-state index contributed by atoms with van der Waals surface area (Å²) < 4.78 is 28.2. The summed E-state index contributed by atoms with van der Waals surface area (Å²) in [7, 11) is -3.91. The Labute approximate surface area is 235 Å². The second-order valence-electron chi connectivity index (χ2n) is 9.32. The second kappa shape index (κ2) is 12.1. The Kier molecular flexibility index (Phi) is 8.83. The molecule has 0 aliphatic carbocycles. The molecule has 2 amide bonds. The third-order valence-corrected chi connectivity index (χ3v) is 9.13. The van der Waals surface area contributed by atoms with Crippen LogP contribution in [0.4, 0.5) is 5.69 Å². The van der Waals surface area contributed by atoms with Gasteiger partial charge in [-0.3, -0.25) is 9.59 Å². The molecule has 3 N–H and O–H groups in total. The summed E-state index contributed by atoms with van der Waals surface area (Å²) in [5.74, 6) is -2.18. The average Bonchev–Trinajstić information content (AvgIpc) is 3.41. The van der Waals surface area contributed by atoms with Gasteiger partial charge >= 0.3 is 5.97 Å². The van der Waals surface area contributed by atoms with Crippen LogP contribution >= 0.6 is 15.9 Å². The van der Waals surface area contributed by atoms with Gasteiger partial charge in [0.25, 0.3) is 5.91 Å². The highest BCUT2D eigenvalue weighted by Gasteiger charge is 2.40. The van der Waals surface area contributed by atoms with Crippen molar-refractivity contribution in [3.8, 4) is 0 Å². The molecule has 1 aliphatic heterocycles. The smallest absolute Gasteiger partial charge is 0.326 e. The van der Waals surface area contributed by atoms with Crippen molar-refractivity contribution >= 4 is 49.4 Å². The number of nitrogens with zero attached hydrogens (tertiary/aromatic N) is 1. The summed E-state index contributed by atoms with van der Waals surface area (Å²) >= 11 is 3.35. The van der Waals surface area contributed by atoms with E-state index in [-0.39, 0.29) is 23.8 Å². The predicted octanol–water partition coefficient (Wildman–Crippen LogP) is 3.98. The summed E-state index contributed by atoms with van der Waals surface area (Å²) in [6.07, 6.45) is 0.778. The molecule has 1 fully saturated rings. The number of sulfonamides is 1. The number of carbonyl (C=O) groups is 3. The van der Waals surface area contributed by atoms with Crippen molar-refractivity contribution in [2.45, 2.75) is 43.2 Å². The molecule has 0 aromatic heterocycles. The minimum absolute atomic E-state index is 0.0169. The van der Waals surface area contributed by atoms with E-state index in [1.807, 2.05) is 6.92 Å². The third-order valence-electron chi connectivity index (χ3n) is 6.52. The van der Waals surface area contributed by atoms with Gasteiger partial charge in [0.2, 0.25) is 15.9 Å². The SMILES string of the molecule is Cc1ccc(S(=O)(=O)N2CCC[C@H]2C(=O)N[C@@H](Cc2ccc(NC(=O)c3ccccc3Br)cc2)C(=O)O)cc1. The van der Waals surface area contributed by atoms with Crippen LogP contribution in [-0.2, 0) is 26.0 Å². The van der Waals surface area contributed by atoms with Gasteiger partial charge in [-0.15, -0.1) is 0 Å². The van der Waals surface area contributed by atoms with Crippen molar-refractivity contribution in [3.05, 3.63) is 94.0 Å². The molecule has 11 heteroatoms. The van der Waals surface area contributed by atoms with Crippen LogP contribution in [0.15, 0.2) is 82.2 Å². The maximum absolute atomic E-state index is 13.2. The van der Waals surface area contributed by atoms with Crippen LogP contribution in [0.3, 0.4) is 0 Å². The number of carboxylic acids is 1. The van der Waals surface area contributed by atoms with E-state index in [1.54, 1.807) is 60.7 Å². The standard InChI is InChI=1S/C28H28BrN3O6S/c1-18-8-14-21(15-9-18)39(37,38)32-16-4-7-25(32)27(34)31-24(28(35)36)17-19-10-12-20(13-11-19)30-26(33)22-5-2-3-6-23(22)29/h2-3,5-6,8-15,24-25H,4,7,16-17H2,1H3,(H,30,33)(H,31,34)(H,35,36)/t24-,25-/m0/s1. The molecule has 1 saturated heterocycles. The lowest BCUT2D eigenvalue weighted by Crippen LogP contribution is -2.51. The van der Waals surface area contributed by atoms with Crippen LogP contribution in [0, 0.1) is 6.92 Å². The highest BCUT2D eigenvalue weighted by Crippen LogP contribution is 2.27. The normalized spacial score (nSPS) is 16.4. The molecule has 0 unspecified atom stereocenters. The minimum Gasteiger partial charge on any atom is -0.480 e. The first kappa shape index (κ1) is 28.5. The zero-order chi connectivity index (χ0) is 28.2. The first-order chi connectivity index (χ1) is 18.6. The lowest BCUT2D eigenvalue weighted by Gasteiger charge is -2.25. The maximum atomic E-state index is 13.2. The van der Waals surface area contributed by atoms with Crippen molar-refractivity contribution in [1.29, 1.82) is 0 Å². The Morgan fingerprint density at radius 1 is 1.03 bits per heavy atom. The minimum atomic E-state index is -3.91. The summed E-state index contributed by atoms with van der Waals surface area (Å²) in [5.41, 5.74) is 2.53. The van der Waals surface area contributed by atoms with E-state index in [9.17, 15) is 27.9 Å². The molecule has 204 valence electrons. The van der Waals surface area contributed by atoms with Gasteiger partial charge in [-0.2, -0.15) is 4.31 Å². The molecule has 0 spiro atoms. The van der Waals surface area contributed by atoms with Crippen molar-refractivity contribution in [3.63, 3.8) is 0 Å². The van der Waals surface area contributed by atoms with Crippen LogP contribution in [-0.4, -0.2) is 54.2 Å². The molecule has 0 bridgehead atoms. The largest absolute Gasteiger partial charge is 0.480 e. The van der Waals surface area contributed by atoms with Crippen LogP contribution in [0.25, 0.3) is 0 Å². The molecule has 0 saturated carbocycles. The number of aliphatic carboxylic acids is 1. The quantitative estimate of drug-likeness (QED) is 0.334. The molecular weight excluding hydrogens is 586 g/mol. The molecule has 4 rings (SSSR count). The van der Waals surface area contributed by atoms with E-state index in [4.69, 9.17) is 0 Å². The summed E-state index contributed by atoms with van der Waals surface area (Å²) in [6.45, 7) is 2.03. The van der Waals surface area contributed by atoms with Gasteiger partial charge in [0.1, 0.15) is 12.1 Å². The van der Waals surface area contributed by atoms with Gasteiger partial charge in [0, 0.05) is 23.1 Å². The number of hydrogen-bond donors (Lipinski definition) is 3. The van der Waals surface area contributed by atoms with Crippen LogP contribution in [0.5, 0.6) is 0 Å². The number of amides is 2. The number of carbonyl (C=O) groups excluding carboxylic acids is 2. The number of hydrogen-bond acceptors (Lipinski definition) is 5. The third kappa shape index (κ3) is 6.73. The van der Waals surface area contributed by atoms with Gasteiger partial charge in [0.15, 0.2) is 0 Å². The Morgan fingerprint density at radius 2 is 1.69 bits per heavy atom. The number of rotatable bonds is 9. The molecule has 39 heavy (non-hydrogen) atoms. The Bertz CT molecular complexity index is 1480. The van der Waals surface area contributed by atoms with Crippen LogP contribution in [0.2, 0.25) is 0 Å². The van der Waals surface area contributed by atoms with Crippen molar-refractivity contribution in [1.82, 2.24) is 9.62 Å². The fourth-order valence-electron chi connectivity index (χ4n) is 4.41. The Balaban J connectivity index is 1.41. The molecule has 1 aliphatic rings. The highest BCUT2D eigenvalue weighted by molar-refractivity contribution is 9.10. The van der Waals surface area contributed by atoms with E-state index >= 15 is 0 Å². The predicted molar refractivity (Wildman–Crippen MR) is 150 cm³/mol. The van der Waals surface area contributed by atoms with Crippen LogP contribution < -0.4 is 10.6 Å². The fourth-order valence-corrected chi connectivity index (χ4v) is 6.53. The molecule has 3 aromatic rings. The van der Waals surface area contributed by atoms with Crippen LogP contribution in [0.1, 0.15) is 34.3 Å². The van der Waals surface area contributed by atoms with Gasteiger partial charge in [0.05, 0.1) is 10.5 Å². The van der Waals surface area contributed by atoms with Crippen molar-refractivity contribution < 1.29 is 27.9 Å². The van der Waals surface area contributed by atoms with Gasteiger partial charge < -0.3 is 15.7 Å². The van der Waals surface area contributed by atoms with Crippen molar-refractivity contribution in [2.75, 3.05) is 11.9 Å². The number of benzene rings is 3. The number of aryl methyl sites for hydroxylation is 1. The number of halogens is 1. The van der Waals surface area contributed by atoms with E-state index in [0.717, 1.165) is 9.87 Å². The van der Waals surface area contributed by atoms with E-state index < -0.39 is 34.0 Å². The number of carboxylic acid groups (broad SMARTS) is 1. The summed E-state index contributed by atoms with van der Waals surface area (Å²) in [4.78, 5) is 37.7. The molecule has 9 nitrogen and oxygen atoms in total. The first-order valence-electron chi connectivity index (χ1n) is 12.3. The zero-order valence-corrected chi connectivity index (χ0v) is 23.5. The molecular formula is C28H28BrN3O6S. The number of nitrogens with one attached hydrogen (secondary N) is 2. The molecule has 3 aromatic carbocycles. The Morgan fingerprint density at radius 3 is 2.33 bits per heavy atom. The highest BCUT2D eigenvalue weighted by atomic mass is 79.9. The Hall–Kier alpha value is -3.54. The molecule has 0 radical (unpaired) electrons. The molecule has 2 atom stereocenters. The monoisotopic (exact) mass is 613 g/mol. The summed E-state index contributed by atoms with van der Waals surface area (Å²) in [5, 5.41) is 15.1. The average molecular weight is 615 g/mol. The maximum Gasteiger partial charge on any atom is 0.326 e. The van der Waals surface area contributed by atoms with E-state index in [0.29, 0.717) is 34.1 Å². The molecule has 1 heterocycles. The van der Waals surface area contributed by atoms with E-state index in [1.165, 1.54) is 12.1 Å².